The molecule has 6 nitrogen and oxygen atoms in total. The van der Waals surface area contributed by atoms with Crippen LogP contribution < -0.4 is 15.4 Å². The molecule has 1 atom stereocenters. The third kappa shape index (κ3) is 7.50. The molecule has 0 saturated heterocycles. The number of methoxy groups -OCH3 is 1. The molecule has 0 aliphatic heterocycles. The number of benzene rings is 1. The van der Waals surface area contributed by atoms with Crippen molar-refractivity contribution in [3.05, 3.63) is 52.2 Å². The molecule has 0 bridgehead atoms. The van der Waals surface area contributed by atoms with Crippen molar-refractivity contribution in [3.63, 3.8) is 0 Å². The zero-order valence-electron chi connectivity index (χ0n) is 16.9. The summed E-state index contributed by atoms with van der Waals surface area (Å²) in [5.74, 6) is 1.55. The molecule has 3 N–H and O–H groups in total. The Morgan fingerprint density at radius 1 is 1.21 bits per heavy atom. The molecule has 0 amide bonds. The summed E-state index contributed by atoms with van der Waals surface area (Å²) in [5.41, 5.74) is 0.164. The van der Waals surface area contributed by atoms with Gasteiger partial charge in [-0.3, -0.25) is 0 Å². The van der Waals surface area contributed by atoms with E-state index in [0.29, 0.717) is 25.7 Å². The minimum atomic E-state index is -0.960. The van der Waals surface area contributed by atoms with Crippen molar-refractivity contribution in [2.24, 2.45) is 4.99 Å². The van der Waals surface area contributed by atoms with Crippen LogP contribution >= 0.6 is 11.3 Å². The van der Waals surface area contributed by atoms with Crippen molar-refractivity contribution in [3.8, 4) is 5.75 Å². The molecular formula is C21H31N3O3S. The van der Waals surface area contributed by atoms with Gasteiger partial charge in [-0.25, -0.2) is 4.99 Å². The maximum Gasteiger partial charge on any atom is 0.191 e. The monoisotopic (exact) mass is 405 g/mol. The molecule has 0 radical (unpaired) electrons. The number of aliphatic hydroxyl groups is 1. The lowest BCUT2D eigenvalue weighted by Gasteiger charge is -2.20. The second-order valence-electron chi connectivity index (χ2n) is 6.63. The Morgan fingerprint density at radius 3 is 2.64 bits per heavy atom. The first kappa shape index (κ1) is 22.2. The van der Waals surface area contributed by atoms with Crippen LogP contribution in [-0.2, 0) is 16.9 Å². The molecule has 7 heteroatoms. The molecule has 2 aromatic rings. The number of thiophene rings is 1. The summed E-state index contributed by atoms with van der Waals surface area (Å²) in [7, 11) is 1.66. The molecule has 1 aromatic carbocycles. The van der Waals surface area contributed by atoms with Gasteiger partial charge in [0.05, 0.1) is 20.3 Å². The summed E-state index contributed by atoms with van der Waals surface area (Å²) < 4.78 is 10.9. The molecule has 1 heterocycles. The summed E-state index contributed by atoms with van der Waals surface area (Å²) in [6, 6.07) is 11.8. The highest BCUT2D eigenvalue weighted by Gasteiger charge is 2.23. The molecule has 1 unspecified atom stereocenters. The number of hydrogen-bond donors (Lipinski definition) is 3. The molecule has 0 aliphatic rings. The van der Waals surface area contributed by atoms with Crippen molar-refractivity contribution in [1.29, 1.82) is 0 Å². The topological polar surface area (TPSA) is 75.1 Å². The van der Waals surface area contributed by atoms with Crippen LogP contribution in [-0.4, -0.2) is 44.4 Å². The number of ether oxygens (including phenoxy) is 2. The summed E-state index contributed by atoms with van der Waals surface area (Å²) in [6.07, 6.45) is 0.863. The summed E-state index contributed by atoms with van der Waals surface area (Å²) in [5, 5.41) is 19.0. The molecule has 2 rings (SSSR count). The van der Waals surface area contributed by atoms with Crippen LogP contribution in [0.1, 0.15) is 30.7 Å². The van der Waals surface area contributed by atoms with E-state index >= 15 is 0 Å². The first-order chi connectivity index (χ1) is 13.5. The number of aliphatic imine (C=N–C) groups is 1. The fraction of sp³-hybridized carbons (Fsp3) is 0.476. The van der Waals surface area contributed by atoms with E-state index in [4.69, 9.17) is 9.47 Å². The number of guanidine groups is 1. The van der Waals surface area contributed by atoms with Crippen LogP contribution in [0.2, 0.25) is 0 Å². The van der Waals surface area contributed by atoms with E-state index in [9.17, 15) is 5.11 Å². The predicted molar refractivity (Wildman–Crippen MR) is 115 cm³/mol. The largest absolute Gasteiger partial charge is 0.497 e. The van der Waals surface area contributed by atoms with Crippen molar-refractivity contribution >= 4 is 17.3 Å². The fourth-order valence-electron chi connectivity index (χ4n) is 2.53. The number of nitrogens with one attached hydrogen (secondary N) is 2. The van der Waals surface area contributed by atoms with Gasteiger partial charge in [-0.05, 0) is 49.4 Å². The number of hydrogen-bond acceptors (Lipinski definition) is 5. The molecule has 0 spiro atoms. The quantitative estimate of drug-likeness (QED) is 0.304. The second-order valence-corrected chi connectivity index (χ2v) is 7.58. The van der Waals surface area contributed by atoms with Crippen LogP contribution in [0.3, 0.4) is 0 Å². The van der Waals surface area contributed by atoms with Crippen molar-refractivity contribution in [2.75, 3.05) is 33.4 Å². The molecule has 1 aromatic heterocycles. The van der Waals surface area contributed by atoms with E-state index in [2.05, 4.69) is 15.6 Å². The fourth-order valence-corrected chi connectivity index (χ4v) is 3.31. The van der Waals surface area contributed by atoms with E-state index in [0.717, 1.165) is 35.7 Å². The van der Waals surface area contributed by atoms with Crippen LogP contribution in [0, 0.1) is 0 Å². The zero-order chi connectivity index (χ0) is 20.2. The highest BCUT2D eigenvalue weighted by molar-refractivity contribution is 7.10. The SMILES string of the molecule is CCNC(=NCC(C)(O)c1cccs1)NCCCOCc1ccc(OC)cc1. The maximum atomic E-state index is 10.6. The van der Waals surface area contributed by atoms with Gasteiger partial charge in [0.15, 0.2) is 5.96 Å². The predicted octanol–water partition coefficient (Wildman–Crippen LogP) is 3.13. The Kier molecular flexibility index (Phi) is 9.27. The highest BCUT2D eigenvalue weighted by Crippen LogP contribution is 2.25. The van der Waals surface area contributed by atoms with Gasteiger partial charge in [-0.1, -0.05) is 18.2 Å². The van der Waals surface area contributed by atoms with Gasteiger partial charge in [0, 0.05) is 24.6 Å². The second kappa shape index (κ2) is 11.7. The molecule has 28 heavy (non-hydrogen) atoms. The minimum absolute atomic E-state index is 0.302. The Hall–Kier alpha value is -2.09. The number of nitrogens with zero attached hydrogens (tertiary/aromatic N) is 1. The van der Waals surface area contributed by atoms with Crippen LogP contribution in [0.15, 0.2) is 46.8 Å². The highest BCUT2D eigenvalue weighted by atomic mass is 32.1. The smallest absolute Gasteiger partial charge is 0.191 e. The lowest BCUT2D eigenvalue weighted by molar-refractivity contribution is 0.0711. The molecule has 0 fully saturated rings. The minimum Gasteiger partial charge on any atom is -0.497 e. The standard InChI is InChI=1S/C21H31N3O3S/c1-4-22-20(24-16-21(2,25)19-7-5-14-28-19)23-12-6-13-27-15-17-8-10-18(26-3)11-9-17/h5,7-11,14,25H,4,6,12-13,15-16H2,1-3H3,(H2,22,23,24). The maximum absolute atomic E-state index is 10.6. The normalized spacial score (nSPS) is 13.8. The van der Waals surface area contributed by atoms with E-state index in [1.165, 1.54) is 11.3 Å². The zero-order valence-corrected chi connectivity index (χ0v) is 17.7. The first-order valence-electron chi connectivity index (χ1n) is 9.54. The third-order valence-corrected chi connectivity index (χ3v) is 5.25. The lowest BCUT2D eigenvalue weighted by Crippen LogP contribution is -2.39. The summed E-state index contributed by atoms with van der Waals surface area (Å²) >= 11 is 1.54. The van der Waals surface area contributed by atoms with E-state index < -0.39 is 5.60 Å². The van der Waals surface area contributed by atoms with Gasteiger partial charge in [0.1, 0.15) is 11.4 Å². The van der Waals surface area contributed by atoms with Gasteiger partial charge >= 0.3 is 0 Å². The Labute approximate surface area is 171 Å². The van der Waals surface area contributed by atoms with E-state index in [-0.39, 0.29) is 0 Å². The average molecular weight is 406 g/mol. The Morgan fingerprint density at radius 2 is 2.00 bits per heavy atom. The third-order valence-electron chi connectivity index (χ3n) is 4.13. The van der Waals surface area contributed by atoms with Gasteiger partial charge in [0.2, 0.25) is 0 Å². The average Bonchev–Trinajstić information content (AvgIpc) is 3.25. The molecular weight excluding hydrogens is 374 g/mol. The van der Waals surface area contributed by atoms with Gasteiger partial charge in [-0.2, -0.15) is 0 Å². The van der Waals surface area contributed by atoms with Gasteiger partial charge in [0.25, 0.3) is 0 Å². The van der Waals surface area contributed by atoms with E-state index in [1.807, 2.05) is 48.7 Å². The van der Waals surface area contributed by atoms with Gasteiger partial charge < -0.3 is 25.2 Å². The van der Waals surface area contributed by atoms with Crippen LogP contribution in [0.25, 0.3) is 0 Å². The molecule has 0 saturated carbocycles. The van der Waals surface area contributed by atoms with Crippen LogP contribution in [0.4, 0.5) is 0 Å². The Bertz CT molecular complexity index is 700. The van der Waals surface area contributed by atoms with Crippen LogP contribution in [0.5, 0.6) is 5.75 Å². The summed E-state index contributed by atoms with van der Waals surface area (Å²) in [6.45, 7) is 6.87. The van der Waals surface area contributed by atoms with Crippen molar-refractivity contribution in [2.45, 2.75) is 32.5 Å². The van der Waals surface area contributed by atoms with Gasteiger partial charge in [-0.15, -0.1) is 11.3 Å². The van der Waals surface area contributed by atoms with Crippen molar-refractivity contribution in [1.82, 2.24) is 10.6 Å². The molecule has 154 valence electrons. The number of rotatable bonds is 11. The lowest BCUT2D eigenvalue weighted by atomic mass is 10.1. The van der Waals surface area contributed by atoms with Crippen molar-refractivity contribution < 1.29 is 14.6 Å². The summed E-state index contributed by atoms with van der Waals surface area (Å²) in [4.78, 5) is 5.44. The first-order valence-corrected chi connectivity index (χ1v) is 10.4. The molecule has 0 aliphatic carbocycles. The van der Waals surface area contributed by atoms with E-state index in [1.54, 1.807) is 14.0 Å². The Balaban J connectivity index is 1.69.